The standard InChI is InChI=1S/C22H23F3N4O3/c1-20(2,3)32-19(31)27-13-11-21(27,4)18-26-28-12-10-15(22(23,24)25)16(28)17(30)29(18)14-8-6-5-7-9-14/h5-10,12H,11,13H2,1-4H3/t21-/m0/s1. The van der Waals surface area contributed by atoms with Crippen LogP contribution in [0.1, 0.15) is 45.5 Å². The molecule has 4 rings (SSSR count). The third kappa shape index (κ3) is 3.53. The van der Waals surface area contributed by atoms with Gasteiger partial charge in [-0.05, 0) is 52.3 Å². The van der Waals surface area contributed by atoms with E-state index in [2.05, 4.69) is 5.10 Å². The molecule has 2 aromatic heterocycles. The van der Waals surface area contributed by atoms with Crippen LogP contribution in [-0.2, 0) is 16.5 Å². The third-order valence-electron chi connectivity index (χ3n) is 5.52. The van der Waals surface area contributed by atoms with Gasteiger partial charge in [0.2, 0.25) is 0 Å². The number of benzene rings is 1. The van der Waals surface area contributed by atoms with Crippen molar-refractivity contribution in [3.63, 3.8) is 0 Å². The van der Waals surface area contributed by atoms with Crippen molar-refractivity contribution < 1.29 is 22.7 Å². The maximum Gasteiger partial charge on any atom is 0.418 e. The minimum atomic E-state index is -4.71. The Labute approximate surface area is 182 Å². The van der Waals surface area contributed by atoms with Gasteiger partial charge in [0.25, 0.3) is 5.56 Å². The molecule has 0 aliphatic carbocycles. The number of carbonyl (C=O) groups excluding carboxylic acids is 1. The lowest BCUT2D eigenvalue weighted by atomic mass is 9.86. The number of amides is 1. The molecular formula is C22H23F3N4O3. The summed E-state index contributed by atoms with van der Waals surface area (Å²) in [5.74, 6) is 0.155. The van der Waals surface area contributed by atoms with Crippen LogP contribution in [0.5, 0.6) is 0 Å². The average Bonchev–Trinajstić information content (AvgIpc) is 3.10. The van der Waals surface area contributed by atoms with Crippen LogP contribution in [0.4, 0.5) is 18.0 Å². The van der Waals surface area contributed by atoms with Crippen LogP contribution in [0.15, 0.2) is 47.4 Å². The molecule has 1 aliphatic rings. The molecule has 1 atom stereocenters. The highest BCUT2D eigenvalue weighted by Crippen LogP contribution is 2.41. The summed E-state index contributed by atoms with van der Waals surface area (Å²) in [5.41, 5.74) is -3.92. The third-order valence-corrected chi connectivity index (χ3v) is 5.52. The Balaban J connectivity index is 1.96. The highest BCUT2D eigenvalue weighted by molar-refractivity contribution is 5.71. The van der Waals surface area contributed by atoms with Crippen LogP contribution in [0.2, 0.25) is 0 Å². The summed E-state index contributed by atoms with van der Waals surface area (Å²) >= 11 is 0. The summed E-state index contributed by atoms with van der Waals surface area (Å²) in [6.45, 7) is 7.31. The van der Waals surface area contributed by atoms with Gasteiger partial charge in [-0.2, -0.15) is 18.3 Å². The molecular weight excluding hydrogens is 425 g/mol. The van der Waals surface area contributed by atoms with E-state index in [9.17, 15) is 22.8 Å². The quantitative estimate of drug-likeness (QED) is 0.584. The lowest BCUT2D eigenvalue weighted by molar-refractivity contribution is -0.136. The molecule has 1 aromatic carbocycles. The fourth-order valence-corrected chi connectivity index (χ4v) is 3.86. The van der Waals surface area contributed by atoms with E-state index in [1.165, 1.54) is 4.90 Å². The molecule has 0 spiro atoms. The van der Waals surface area contributed by atoms with Gasteiger partial charge in [-0.25, -0.2) is 9.31 Å². The zero-order chi connectivity index (χ0) is 23.5. The predicted molar refractivity (Wildman–Crippen MR) is 111 cm³/mol. The van der Waals surface area contributed by atoms with Crippen molar-refractivity contribution in [2.24, 2.45) is 0 Å². The maximum atomic E-state index is 13.5. The summed E-state index contributed by atoms with van der Waals surface area (Å²) in [6.07, 6.45) is -3.72. The molecule has 0 N–H and O–H groups in total. The van der Waals surface area contributed by atoms with Crippen molar-refractivity contribution in [1.29, 1.82) is 0 Å². The van der Waals surface area contributed by atoms with E-state index in [1.807, 2.05) is 0 Å². The van der Waals surface area contributed by atoms with Gasteiger partial charge in [0.05, 0.1) is 11.3 Å². The smallest absolute Gasteiger partial charge is 0.418 e. The largest absolute Gasteiger partial charge is 0.444 e. The molecule has 1 aliphatic heterocycles. The first-order valence-electron chi connectivity index (χ1n) is 10.1. The number of alkyl halides is 3. The van der Waals surface area contributed by atoms with E-state index in [4.69, 9.17) is 4.74 Å². The van der Waals surface area contributed by atoms with Crippen LogP contribution in [-0.4, -0.2) is 37.3 Å². The molecule has 0 radical (unpaired) electrons. The van der Waals surface area contributed by atoms with Crippen LogP contribution in [0, 0.1) is 0 Å². The number of hydrogen-bond acceptors (Lipinski definition) is 4. The first kappa shape index (κ1) is 21.9. The maximum absolute atomic E-state index is 13.5. The summed E-state index contributed by atoms with van der Waals surface area (Å²) in [7, 11) is 0. The molecule has 170 valence electrons. The van der Waals surface area contributed by atoms with Gasteiger partial charge >= 0.3 is 12.3 Å². The fourth-order valence-electron chi connectivity index (χ4n) is 3.86. The van der Waals surface area contributed by atoms with Crippen LogP contribution in [0.25, 0.3) is 11.2 Å². The fraction of sp³-hybridized carbons (Fsp3) is 0.409. The van der Waals surface area contributed by atoms with Crippen molar-refractivity contribution in [2.45, 2.75) is 51.4 Å². The predicted octanol–water partition coefficient (Wildman–Crippen LogP) is 4.36. The Morgan fingerprint density at radius 3 is 2.31 bits per heavy atom. The summed E-state index contributed by atoms with van der Waals surface area (Å²) in [5, 5.41) is 4.40. The van der Waals surface area contributed by atoms with Crippen LogP contribution in [0.3, 0.4) is 0 Å². The van der Waals surface area contributed by atoms with E-state index >= 15 is 0 Å². The van der Waals surface area contributed by atoms with Crippen molar-refractivity contribution in [3.05, 3.63) is 64.3 Å². The molecule has 7 nitrogen and oxygen atoms in total. The Hall–Kier alpha value is -3.30. The molecule has 1 saturated heterocycles. The zero-order valence-electron chi connectivity index (χ0n) is 18.1. The number of hydrogen-bond donors (Lipinski definition) is 0. The van der Waals surface area contributed by atoms with Crippen molar-refractivity contribution >= 4 is 11.6 Å². The highest BCUT2D eigenvalue weighted by Gasteiger charge is 2.50. The Bertz CT molecular complexity index is 1240. The van der Waals surface area contributed by atoms with E-state index < -0.39 is 40.0 Å². The lowest BCUT2D eigenvalue weighted by Gasteiger charge is -2.49. The highest BCUT2D eigenvalue weighted by atomic mass is 19.4. The second-order valence-electron chi connectivity index (χ2n) is 8.98. The van der Waals surface area contributed by atoms with E-state index in [-0.39, 0.29) is 5.82 Å². The second kappa shape index (κ2) is 7.11. The summed E-state index contributed by atoms with van der Waals surface area (Å²) in [6, 6.07) is 9.13. The Morgan fingerprint density at radius 1 is 1.12 bits per heavy atom. The van der Waals surface area contributed by atoms with Gasteiger partial charge in [0, 0.05) is 12.7 Å². The number of aromatic nitrogens is 3. The number of nitrogens with zero attached hydrogens (tertiary/aromatic N) is 4. The topological polar surface area (TPSA) is 68.8 Å². The molecule has 0 saturated carbocycles. The molecule has 1 amide bonds. The first-order chi connectivity index (χ1) is 14.8. The van der Waals surface area contributed by atoms with Crippen molar-refractivity contribution in [3.8, 4) is 5.69 Å². The number of rotatable bonds is 2. The average molecular weight is 448 g/mol. The minimum Gasteiger partial charge on any atom is -0.444 e. The van der Waals surface area contributed by atoms with Crippen molar-refractivity contribution in [1.82, 2.24) is 19.1 Å². The Morgan fingerprint density at radius 2 is 1.78 bits per heavy atom. The van der Waals surface area contributed by atoms with Gasteiger partial charge in [0.15, 0.2) is 5.82 Å². The number of carbonyl (C=O) groups is 1. The van der Waals surface area contributed by atoms with Crippen LogP contribution >= 0.6 is 0 Å². The van der Waals surface area contributed by atoms with Gasteiger partial charge in [-0.1, -0.05) is 18.2 Å². The normalized spacial score (nSPS) is 19.2. The van der Waals surface area contributed by atoms with Gasteiger partial charge in [0.1, 0.15) is 16.7 Å². The SMILES string of the molecule is CC(C)(C)OC(=O)N1CC[C@@]1(C)c1nn2ccc(C(F)(F)F)c2c(=O)n1-c1ccccc1. The molecule has 32 heavy (non-hydrogen) atoms. The number of fused-ring (bicyclic) bond motifs is 1. The minimum absolute atomic E-state index is 0.155. The van der Waals surface area contributed by atoms with Crippen LogP contribution < -0.4 is 5.56 Å². The first-order valence-corrected chi connectivity index (χ1v) is 10.1. The van der Waals surface area contributed by atoms with Crippen molar-refractivity contribution in [2.75, 3.05) is 6.54 Å². The molecule has 3 heterocycles. The monoisotopic (exact) mass is 448 g/mol. The Kier molecular flexibility index (Phi) is 4.87. The number of halogens is 3. The van der Waals surface area contributed by atoms with E-state index in [0.29, 0.717) is 18.7 Å². The molecule has 0 unspecified atom stereocenters. The summed E-state index contributed by atoms with van der Waals surface area (Å²) < 4.78 is 48.2. The van der Waals surface area contributed by atoms with Gasteiger partial charge in [-0.3, -0.25) is 14.3 Å². The molecule has 3 aromatic rings. The lowest BCUT2D eigenvalue weighted by Crippen LogP contribution is -2.61. The van der Waals surface area contributed by atoms with E-state index in [0.717, 1.165) is 21.3 Å². The number of likely N-dealkylation sites (tertiary alicyclic amines) is 1. The molecule has 10 heteroatoms. The van der Waals surface area contributed by atoms with E-state index in [1.54, 1.807) is 58.0 Å². The number of ether oxygens (including phenoxy) is 1. The molecule has 1 fully saturated rings. The van der Waals surface area contributed by atoms with Gasteiger partial charge < -0.3 is 4.74 Å². The van der Waals surface area contributed by atoms with Gasteiger partial charge in [-0.15, -0.1) is 0 Å². The summed E-state index contributed by atoms with van der Waals surface area (Å²) in [4.78, 5) is 27.7. The second-order valence-corrected chi connectivity index (χ2v) is 8.98. The molecule has 0 bridgehead atoms. The zero-order valence-corrected chi connectivity index (χ0v) is 18.1. The number of para-hydroxylation sites is 1.